The number of rotatable bonds is 3. The molecule has 2 rings (SSSR count). The van der Waals surface area contributed by atoms with Crippen LogP contribution in [-0.4, -0.2) is 13.0 Å². The van der Waals surface area contributed by atoms with Crippen LogP contribution in [0.2, 0.25) is 5.02 Å². The van der Waals surface area contributed by atoms with Gasteiger partial charge in [-0.1, -0.05) is 27.5 Å². The second kappa shape index (κ2) is 6.81. The van der Waals surface area contributed by atoms with Crippen molar-refractivity contribution in [1.29, 1.82) is 0 Å². The maximum atomic E-state index is 12.3. The quantitative estimate of drug-likeness (QED) is 0.701. The highest BCUT2D eigenvalue weighted by atomic mass is 79.9. The molecule has 2 aromatic carbocycles. The van der Waals surface area contributed by atoms with Crippen molar-refractivity contribution in [1.82, 2.24) is 0 Å². The predicted octanol–water partition coefficient (Wildman–Crippen LogP) is 5.43. The fourth-order valence-corrected chi connectivity index (χ4v) is 2.90. The largest absolute Gasteiger partial charge is 0.495 e. The summed E-state index contributed by atoms with van der Waals surface area (Å²) in [4.78, 5) is 12.3. The van der Waals surface area contributed by atoms with Gasteiger partial charge in [-0.3, -0.25) is 4.79 Å². The Morgan fingerprint density at radius 2 is 1.95 bits per heavy atom. The fraction of sp³-hybridized carbons (Fsp3) is 0.133. The summed E-state index contributed by atoms with van der Waals surface area (Å²) in [5.41, 5.74) is 2.06. The van der Waals surface area contributed by atoms with Crippen molar-refractivity contribution < 1.29 is 9.53 Å². The number of nitrogens with one attached hydrogen (secondary N) is 1. The third-order valence-corrected chi connectivity index (χ3v) is 4.58. The van der Waals surface area contributed by atoms with E-state index in [1.54, 1.807) is 31.4 Å². The molecule has 0 spiro atoms. The Balaban J connectivity index is 2.33. The van der Waals surface area contributed by atoms with E-state index in [0.29, 0.717) is 26.5 Å². The molecule has 0 saturated heterocycles. The molecule has 110 valence electrons. The first-order chi connectivity index (χ1) is 9.92. The minimum Gasteiger partial charge on any atom is -0.495 e. The summed E-state index contributed by atoms with van der Waals surface area (Å²) in [6.45, 7) is 1.90. The van der Waals surface area contributed by atoms with Gasteiger partial charge in [-0.05, 0) is 58.7 Å². The van der Waals surface area contributed by atoms with Crippen LogP contribution >= 0.6 is 43.5 Å². The zero-order valence-corrected chi connectivity index (χ0v) is 15.3. The number of ether oxygens (including phenoxy) is 1. The molecule has 2 aromatic rings. The molecule has 0 aromatic heterocycles. The van der Waals surface area contributed by atoms with Crippen molar-refractivity contribution >= 4 is 55.1 Å². The summed E-state index contributed by atoms with van der Waals surface area (Å²) < 4.78 is 6.88. The molecule has 0 aliphatic carbocycles. The third kappa shape index (κ3) is 3.78. The second-order valence-electron chi connectivity index (χ2n) is 4.38. The van der Waals surface area contributed by atoms with E-state index in [2.05, 4.69) is 37.2 Å². The molecule has 0 aliphatic rings. The molecular weight excluding hydrogens is 421 g/mol. The number of hydrogen-bond acceptors (Lipinski definition) is 2. The number of halogens is 3. The van der Waals surface area contributed by atoms with Gasteiger partial charge in [-0.2, -0.15) is 0 Å². The molecule has 3 nitrogen and oxygen atoms in total. The Kier molecular flexibility index (Phi) is 5.30. The van der Waals surface area contributed by atoms with Gasteiger partial charge in [0.1, 0.15) is 5.75 Å². The Hall–Kier alpha value is -1.04. The van der Waals surface area contributed by atoms with Crippen molar-refractivity contribution in [3.8, 4) is 5.75 Å². The number of methoxy groups -OCH3 is 1. The maximum absolute atomic E-state index is 12.3. The zero-order valence-electron chi connectivity index (χ0n) is 11.3. The van der Waals surface area contributed by atoms with Crippen LogP contribution < -0.4 is 10.1 Å². The number of carbonyl (C=O) groups excluding carboxylic acids is 1. The molecule has 1 amide bonds. The SMILES string of the molecule is COc1cc(Br)cc(C)c1NC(=O)c1ccc(Cl)c(Br)c1. The highest BCUT2D eigenvalue weighted by Crippen LogP contribution is 2.32. The monoisotopic (exact) mass is 431 g/mol. The van der Waals surface area contributed by atoms with Crippen LogP contribution in [0.15, 0.2) is 39.3 Å². The molecule has 21 heavy (non-hydrogen) atoms. The van der Waals surface area contributed by atoms with E-state index < -0.39 is 0 Å². The molecule has 0 radical (unpaired) electrons. The zero-order chi connectivity index (χ0) is 15.6. The first-order valence-electron chi connectivity index (χ1n) is 6.03. The minimum absolute atomic E-state index is 0.226. The number of benzene rings is 2. The molecule has 0 saturated carbocycles. The van der Waals surface area contributed by atoms with Crippen LogP contribution in [0.25, 0.3) is 0 Å². The first kappa shape index (κ1) is 16.3. The smallest absolute Gasteiger partial charge is 0.255 e. The number of hydrogen-bond donors (Lipinski definition) is 1. The molecule has 6 heteroatoms. The number of anilines is 1. The number of amides is 1. The number of carbonyl (C=O) groups is 1. The standard InChI is InChI=1S/C15H12Br2ClNO2/c1-8-5-10(16)7-13(21-2)14(8)19-15(20)9-3-4-12(18)11(17)6-9/h3-7H,1-2H3,(H,19,20). The van der Waals surface area contributed by atoms with Crippen LogP contribution in [0, 0.1) is 6.92 Å². The first-order valence-corrected chi connectivity index (χ1v) is 7.99. The van der Waals surface area contributed by atoms with Gasteiger partial charge in [0.2, 0.25) is 0 Å². The summed E-state index contributed by atoms with van der Waals surface area (Å²) in [7, 11) is 1.57. The van der Waals surface area contributed by atoms with Crippen molar-refractivity contribution in [3.63, 3.8) is 0 Å². The average molecular weight is 434 g/mol. The molecule has 0 fully saturated rings. The van der Waals surface area contributed by atoms with E-state index in [0.717, 1.165) is 10.0 Å². The molecule has 0 bridgehead atoms. The maximum Gasteiger partial charge on any atom is 0.255 e. The van der Waals surface area contributed by atoms with E-state index in [1.807, 2.05) is 13.0 Å². The topological polar surface area (TPSA) is 38.3 Å². The van der Waals surface area contributed by atoms with Gasteiger partial charge in [-0.15, -0.1) is 0 Å². The van der Waals surface area contributed by atoms with Crippen LogP contribution in [-0.2, 0) is 0 Å². The van der Waals surface area contributed by atoms with Crippen molar-refractivity contribution in [2.45, 2.75) is 6.92 Å². The lowest BCUT2D eigenvalue weighted by molar-refractivity contribution is 0.102. The van der Waals surface area contributed by atoms with Gasteiger partial charge in [0.05, 0.1) is 17.8 Å². The summed E-state index contributed by atoms with van der Waals surface area (Å²) >= 11 is 12.6. The lowest BCUT2D eigenvalue weighted by Crippen LogP contribution is -2.13. The lowest BCUT2D eigenvalue weighted by Gasteiger charge is -2.14. The summed E-state index contributed by atoms with van der Waals surface area (Å²) in [5, 5.41) is 3.43. The van der Waals surface area contributed by atoms with Crippen molar-refractivity contribution in [2.24, 2.45) is 0 Å². The Bertz CT molecular complexity index is 704. The molecule has 0 aliphatic heterocycles. The highest BCUT2D eigenvalue weighted by Gasteiger charge is 2.14. The van der Waals surface area contributed by atoms with E-state index in [1.165, 1.54) is 0 Å². The summed E-state index contributed by atoms with van der Waals surface area (Å²) in [6, 6.07) is 8.74. The predicted molar refractivity (Wildman–Crippen MR) is 92.5 cm³/mol. The van der Waals surface area contributed by atoms with Gasteiger partial charge < -0.3 is 10.1 Å². The van der Waals surface area contributed by atoms with E-state index in [9.17, 15) is 4.79 Å². The van der Waals surface area contributed by atoms with Gasteiger partial charge in [0.25, 0.3) is 5.91 Å². The summed E-state index contributed by atoms with van der Waals surface area (Å²) in [6.07, 6.45) is 0. The van der Waals surface area contributed by atoms with Gasteiger partial charge in [-0.25, -0.2) is 0 Å². The average Bonchev–Trinajstić information content (AvgIpc) is 2.44. The van der Waals surface area contributed by atoms with Gasteiger partial charge in [0, 0.05) is 14.5 Å². The van der Waals surface area contributed by atoms with Crippen LogP contribution in [0.1, 0.15) is 15.9 Å². The molecule has 0 heterocycles. The van der Waals surface area contributed by atoms with E-state index >= 15 is 0 Å². The Morgan fingerprint density at radius 1 is 1.24 bits per heavy atom. The second-order valence-corrected chi connectivity index (χ2v) is 6.56. The highest BCUT2D eigenvalue weighted by molar-refractivity contribution is 9.10. The van der Waals surface area contributed by atoms with Gasteiger partial charge in [0.15, 0.2) is 0 Å². The van der Waals surface area contributed by atoms with E-state index in [-0.39, 0.29) is 5.91 Å². The number of aryl methyl sites for hydroxylation is 1. The van der Waals surface area contributed by atoms with Crippen LogP contribution in [0.5, 0.6) is 5.75 Å². The molecule has 1 N–H and O–H groups in total. The Morgan fingerprint density at radius 3 is 2.57 bits per heavy atom. The molecule has 0 unspecified atom stereocenters. The Labute approximate surface area is 144 Å². The van der Waals surface area contributed by atoms with Crippen LogP contribution in [0.4, 0.5) is 5.69 Å². The third-order valence-electron chi connectivity index (χ3n) is 2.90. The van der Waals surface area contributed by atoms with Crippen LogP contribution in [0.3, 0.4) is 0 Å². The lowest BCUT2D eigenvalue weighted by atomic mass is 10.1. The molecular formula is C15H12Br2ClNO2. The van der Waals surface area contributed by atoms with Crippen molar-refractivity contribution in [2.75, 3.05) is 12.4 Å². The normalized spacial score (nSPS) is 10.3. The molecule has 0 atom stereocenters. The van der Waals surface area contributed by atoms with Gasteiger partial charge >= 0.3 is 0 Å². The minimum atomic E-state index is -0.226. The fourth-order valence-electron chi connectivity index (χ4n) is 1.86. The van der Waals surface area contributed by atoms with E-state index in [4.69, 9.17) is 16.3 Å². The van der Waals surface area contributed by atoms with Crippen molar-refractivity contribution in [3.05, 3.63) is 55.4 Å². The summed E-state index contributed by atoms with van der Waals surface area (Å²) in [5.74, 6) is 0.374.